The predicted molar refractivity (Wildman–Crippen MR) is 117 cm³/mol. The lowest BCUT2D eigenvalue weighted by Gasteiger charge is -2.27. The quantitative estimate of drug-likeness (QED) is 0.432. The zero-order chi connectivity index (χ0) is 22.0. The molecule has 1 amide bonds. The maximum Gasteiger partial charge on any atom is 0.295 e. The van der Waals surface area contributed by atoms with Crippen LogP contribution in [0.3, 0.4) is 0 Å². The van der Waals surface area contributed by atoms with Crippen LogP contribution in [0.2, 0.25) is 0 Å². The van der Waals surface area contributed by atoms with Crippen molar-refractivity contribution >= 4 is 17.4 Å². The Kier molecular flexibility index (Phi) is 6.09. The van der Waals surface area contributed by atoms with Gasteiger partial charge in [0.15, 0.2) is 0 Å². The molecule has 0 radical (unpaired) electrons. The first-order chi connectivity index (χ1) is 15.0. The lowest BCUT2D eigenvalue weighted by molar-refractivity contribution is -0.140. The smallest absolute Gasteiger partial charge is 0.295 e. The summed E-state index contributed by atoms with van der Waals surface area (Å²) in [4.78, 5) is 27.6. The molecule has 6 nitrogen and oxygen atoms in total. The van der Waals surface area contributed by atoms with E-state index in [0.29, 0.717) is 24.5 Å². The normalized spacial score (nSPS) is 23.0. The van der Waals surface area contributed by atoms with E-state index in [-0.39, 0.29) is 23.5 Å². The molecule has 2 atom stereocenters. The number of amides is 1. The number of hydrogen-bond donors (Lipinski definition) is 1. The van der Waals surface area contributed by atoms with Crippen molar-refractivity contribution in [2.75, 3.05) is 13.2 Å². The summed E-state index contributed by atoms with van der Waals surface area (Å²) in [5.41, 5.74) is 1.31. The summed E-state index contributed by atoms with van der Waals surface area (Å²) in [5, 5.41) is 11.2. The predicted octanol–water partition coefficient (Wildman–Crippen LogP) is 4.07. The average molecular weight is 421 g/mol. The van der Waals surface area contributed by atoms with Gasteiger partial charge in [0.05, 0.1) is 23.8 Å². The van der Waals surface area contributed by atoms with E-state index in [0.717, 1.165) is 18.4 Å². The Balaban J connectivity index is 1.78. The molecule has 2 heterocycles. The molecule has 0 spiro atoms. The monoisotopic (exact) mass is 421 g/mol. The van der Waals surface area contributed by atoms with Gasteiger partial charge in [0.1, 0.15) is 11.5 Å². The molecule has 2 saturated heterocycles. The third-order valence-electron chi connectivity index (χ3n) is 5.56. The van der Waals surface area contributed by atoms with E-state index in [4.69, 9.17) is 9.47 Å². The Morgan fingerprint density at radius 3 is 2.61 bits per heavy atom. The molecule has 2 aromatic carbocycles. The lowest BCUT2D eigenvalue weighted by Crippen LogP contribution is -2.36. The highest BCUT2D eigenvalue weighted by atomic mass is 16.5. The first-order valence-electron chi connectivity index (χ1n) is 10.7. The van der Waals surface area contributed by atoms with Gasteiger partial charge in [-0.15, -0.1) is 0 Å². The number of ether oxygens (including phenoxy) is 2. The van der Waals surface area contributed by atoms with Gasteiger partial charge in [-0.05, 0) is 44.4 Å². The molecule has 0 aliphatic carbocycles. The van der Waals surface area contributed by atoms with Crippen LogP contribution in [0.4, 0.5) is 0 Å². The van der Waals surface area contributed by atoms with E-state index in [1.165, 1.54) is 4.90 Å². The molecule has 31 heavy (non-hydrogen) atoms. The summed E-state index contributed by atoms with van der Waals surface area (Å²) in [6, 6.07) is 15.6. The summed E-state index contributed by atoms with van der Waals surface area (Å²) in [6.07, 6.45) is 1.65. The van der Waals surface area contributed by atoms with Crippen molar-refractivity contribution < 1.29 is 24.2 Å². The van der Waals surface area contributed by atoms with Crippen LogP contribution in [0.5, 0.6) is 5.75 Å². The molecule has 2 aliphatic heterocycles. The van der Waals surface area contributed by atoms with Gasteiger partial charge in [-0.2, -0.15) is 0 Å². The van der Waals surface area contributed by atoms with E-state index in [9.17, 15) is 14.7 Å². The SMILES string of the molecule is CC(C)Oc1cccc(/C(O)=C2/C(=O)C(=O)N(CC3CCCO3)C2c2ccccc2)c1. The highest BCUT2D eigenvalue weighted by molar-refractivity contribution is 6.46. The van der Waals surface area contributed by atoms with E-state index >= 15 is 0 Å². The molecule has 6 heteroatoms. The largest absolute Gasteiger partial charge is 0.507 e. The van der Waals surface area contributed by atoms with Crippen LogP contribution in [0.15, 0.2) is 60.2 Å². The topological polar surface area (TPSA) is 76.1 Å². The number of likely N-dealkylation sites (tertiary alicyclic amines) is 1. The Hall–Kier alpha value is -3.12. The van der Waals surface area contributed by atoms with Gasteiger partial charge in [-0.3, -0.25) is 9.59 Å². The number of nitrogens with zero attached hydrogens (tertiary/aromatic N) is 1. The van der Waals surface area contributed by atoms with Crippen LogP contribution >= 0.6 is 0 Å². The van der Waals surface area contributed by atoms with E-state index < -0.39 is 17.7 Å². The Labute approximate surface area is 182 Å². The number of benzene rings is 2. The molecule has 2 aliphatic rings. The number of carbonyl (C=O) groups excluding carboxylic acids is 2. The molecule has 2 unspecified atom stereocenters. The number of carbonyl (C=O) groups is 2. The highest BCUT2D eigenvalue weighted by Gasteiger charge is 2.47. The van der Waals surface area contributed by atoms with Crippen molar-refractivity contribution in [1.82, 2.24) is 4.90 Å². The molecule has 0 bridgehead atoms. The maximum absolute atomic E-state index is 13.1. The van der Waals surface area contributed by atoms with Crippen molar-refractivity contribution in [2.45, 2.75) is 44.9 Å². The second-order valence-electron chi connectivity index (χ2n) is 8.19. The van der Waals surface area contributed by atoms with Gasteiger partial charge in [-0.1, -0.05) is 42.5 Å². The van der Waals surface area contributed by atoms with Gasteiger partial charge < -0.3 is 19.5 Å². The fourth-order valence-electron chi connectivity index (χ4n) is 4.20. The first-order valence-corrected chi connectivity index (χ1v) is 10.7. The minimum Gasteiger partial charge on any atom is -0.507 e. The summed E-state index contributed by atoms with van der Waals surface area (Å²) in [7, 11) is 0. The van der Waals surface area contributed by atoms with Crippen LogP contribution in [-0.2, 0) is 14.3 Å². The Bertz CT molecular complexity index is 992. The molecular weight excluding hydrogens is 394 g/mol. The number of aliphatic hydroxyl groups excluding tert-OH is 1. The molecule has 4 rings (SSSR count). The van der Waals surface area contributed by atoms with E-state index in [2.05, 4.69) is 0 Å². The van der Waals surface area contributed by atoms with Crippen molar-refractivity contribution in [1.29, 1.82) is 0 Å². The molecular formula is C25H27NO5. The van der Waals surface area contributed by atoms with Crippen LogP contribution in [0.1, 0.15) is 43.9 Å². The van der Waals surface area contributed by atoms with E-state index in [1.807, 2.05) is 44.2 Å². The summed E-state index contributed by atoms with van der Waals surface area (Å²) in [6.45, 7) is 4.81. The summed E-state index contributed by atoms with van der Waals surface area (Å²) in [5.74, 6) is -0.903. The number of Topliss-reactive ketones (excluding diaryl/α,β-unsaturated/α-hetero) is 1. The van der Waals surface area contributed by atoms with Crippen LogP contribution in [0, 0.1) is 0 Å². The number of hydrogen-bond acceptors (Lipinski definition) is 5. The van der Waals surface area contributed by atoms with Crippen LogP contribution in [0.25, 0.3) is 5.76 Å². The zero-order valence-corrected chi connectivity index (χ0v) is 17.8. The Morgan fingerprint density at radius 2 is 1.94 bits per heavy atom. The third-order valence-corrected chi connectivity index (χ3v) is 5.56. The fourth-order valence-corrected chi connectivity index (χ4v) is 4.20. The lowest BCUT2D eigenvalue weighted by atomic mass is 9.95. The number of aliphatic hydroxyl groups is 1. The van der Waals surface area contributed by atoms with Crippen LogP contribution < -0.4 is 4.74 Å². The molecule has 162 valence electrons. The van der Waals surface area contributed by atoms with Gasteiger partial charge in [0.2, 0.25) is 0 Å². The maximum atomic E-state index is 13.1. The van der Waals surface area contributed by atoms with Crippen molar-refractivity contribution in [3.8, 4) is 5.75 Å². The zero-order valence-electron chi connectivity index (χ0n) is 17.8. The number of rotatable bonds is 6. The van der Waals surface area contributed by atoms with Crippen molar-refractivity contribution in [3.63, 3.8) is 0 Å². The molecule has 2 aromatic rings. The minimum atomic E-state index is -0.681. The first kappa shape index (κ1) is 21.1. The van der Waals surface area contributed by atoms with Gasteiger partial charge in [0.25, 0.3) is 11.7 Å². The van der Waals surface area contributed by atoms with Crippen molar-refractivity contribution in [3.05, 3.63) is 71.3 Å². The van der Waals surface area contributed by atoms with Gasteiger partial charge in [0, 0.05) is 18.7 Å². The van der Waals surface area contributed by atoms with Gasteiger partial charge in [-0.25, -0.2) is 0 Å². The van der Waals surface area contributed by atoms with Crippen molar-refractivity contribution in [2.24, 2.45) is 0 Å². The molecule has 1 N–H and O–H groups in total. The van der Waals surface area contributed by atoms with Crippen LogP contribution in [-0.4, -0.2) is 47.1 Å². The molecule has 0 aromatic heterocycles. The van der Waals surface area contributed by atoms with Gasteiger partial charge >= 0.3 is 0 Å². The second kappa shape index (κ2) is 8.94. The fraction of sp³-hybridized carbons (Fsp3) is 0.360. The summed E-state index contributed by atoms with van der Waals surface area (Å²) < 4.78 is 11.4. The summed E-state index contributed by atoms with van der Waals surface area (Å²) >= 11 is 0. The minimum absolute atomic E-state index is 0.0290. The standard InChI is InChI=1S/C25H27NO5/c1-16(2)31-19-11-6-10-18(14-19)23(27)21-22(17-8-4-3-5-9-17)26(25(29)24(21)28)15-20-12-7-13-30-20/h3-6,8-11,14,16,20,22,27H,7,12-13,15H2,1-2H3/b23-21-. The highest BCUT2D eigenvalue weighted by Crippen LogP contribution is 2.40. The average Bonchev–Trinajstić information content (AvgIpc) is 3.36. The third kappa shape index (κ3) is 4.35. The van der Waals surface area contributed by atoms with E-state index in [1.54, 1.807) is 24.3 Å². The molecule has 2 fully saturated rings. The second-order valence-corrected chi connectivity index (χ2v) is 8.19. The molecule has 0 saturated carbocycles. The number of ketones is 1. The Morgan fingerprint density at radius 1 is 1.16 bits per heavy atom.